The average molecular weight is 311 g/mol. The SMILES string of the molecule is CC[C@@H](Oc1ccccc1)C(=O)N[C@@H](C)CCc1ccccc1. The van der Waals surface area contributed by atoms with E-state index >= 15 is 0 Å². The molecule has 0 heterocycles. The van der Waals surface area contributed by atoms with E-state index in [1.54, 1.807) is 0 Å². The number of aryl methyl sites for hydroxylation is 1. The fourth-order valence-electron chi connectivity index (χ4n) is 2.42. The number of amides is 1. The Bertz CT molecular complexity index is 583. The molecule has 0 spiro atoms. The van der Waals surface area contributed by atoms with Gasteiger partial charge < -0.3 is 10.1 Å². The number of ether oxygens (including phenoxy) is 1. The van der Waals surface area contributed by atoms with Gasteiger partial charge in [-0.3, -0.25) is 4.79 Å². The Morgan fingerprint density at radius 3 is 2.26 bits per heavy atom. The maximum absolute atomic E-state index is 12.4. The lowest BCUT2D eigenvalue weighted by atomic mass is 10.1. The molecule has 0 aliphatic heterocycles. The van der Waals surface area contributed by atoms with Gasteiger partial charge in [-0.2, -0.15) is 0 Å². The van der Waals surface area contributed by atoms with Gasteiger partial charge in [-0.15, -0.1) is 0 Å². The minimum absolute atomic E-state index is 0.0445. The number of carbonyl (C=O) groups is 1. The Morgan fingerprint density at radius 2 is 1.65 bits per heavy atom. The van der Waals surface area contributed by atoms with Gasteiger partial charge in [-0.1, -0.05) is 55.5 Å². The monoisotopic (exact) mass is 311 g/mol. The molecule has 0 saturated heterocycles. The summed E-state index contributed by atoms with van der Waals surface area (Å²) in [5, 5.41) is 3.06. The Hall–Kier alpha value is -2.29. The zero-order valence-electron chi connectivity index (χ0n) is 13.9. The summed E-state index contributed by atoms with van der Waals surface area (Å²) in [4.78, 5) is 12.4. The molecule has 1 N–H and O–H groups in total. The summed E-state index contributed by atoms with van der Waals surface area (Å²) < 4.78 is 5.78. The van der Waals surface area contributed by atoms with Crippen molar-refractivity contribution in [3.05, 3.63) is 66.2 Å². The molecular formula is C20H25NO2. The molecule has 2 aromatic rings. The fraction of sp³-hybridized carbons (Fsp3) is 0.350. The van der Waals surface area contributed by atoms with Gasteiger partial charge in [0.05, 0.1) is 0 Å². The van der Waals surface area contributed by atoms with Crippen LogP contribution in [0.15, 0.2) is 60.7 Å². The van der Waals surface area contributed by atoms with Crippen LogP contribution in [0.4, 0.5) is 0 Å². The maximum atomic E-state index is 12.4. The highest BCUT2D eigenvalue weighted by molar-refractivity contribution is 5.81. The lowest BCUT2D eigenvalue weighted by molar-refractivity contribution is -0.128. The van der Waals surface area contributed by atoms with Crippen LogP contribution in [-0.2, 0) is 11.2 Å². The first kappa shape index (κ1) is 17.1. The minimum atomic E-state index is -0.448. The van der Waals surface area contributed by atoms with Crippen LogP contribution in [0.25, 0.3) is 0 Å². The lowest BCUT2D eigenvalue weighted by Gasteiger charge is -2.20. The molecule has 0 aliphatic carbocycles. The van der Waals surface area contributed by atoms with Gasteiger partial charge in [0.2, 0.25) is 0 Å². The van der Waals surface area contributed by atoms with E-state index in [1.165, 1.54) is 5.56 Å². The average Bonchev–Trinajstić information content (AvgIpc) is 2.59. The molecule has 2 rings (SSSR count). The summed E-state index contributed by atoms with van der Waals surface area (Å²) >= 11 is 0. The molecular weight excluding hydrogens is 286 g/mol. The van der Waals surface area contributed by atoms with E-state index in [-0.39, 0.29) is 11.9 Å². The third-order valence-corrected chi connectivity index (χ3v) is 3.78. The van der Waals surface area contributed by atoms with Gasteiger partial charge in [0.1, 0.15) is 5.75 Å². The van der Waals surface area contributed by atoms with Crippen molar-refractivity contribution in [2.45, 2.75) is 45.3 Å². The Kier molecular flexibility index (Phi) is 6.67. The first-order valence-electron chi connectivity index (χ1n) is 8.25. The van der Waals surface area contributed by atoms with Crippen LogP contribution in [-0.4, -0.2) is 18.1 Å². The molecule has 3 nitrogen and oxygen atoms in total. The molecule has 0 radical (unpaired) electrons. The molecule has 0 unspecified atom stereocenters. The quantitative estimate of drug-likeness (QED) is 0.801. The Labute approximate surface area is 138 Å². The summed E-state index contributed by atoms with van der Waals surface area (Å²) in [6.07, 6.45) is 2.07. The first-order chi connectivity index (χ1) is 11.2. The van der Waals surface area contributed by atoms with E-state index in [1.807, 2.05) is 62.4 Å². The maximum Gasteiger partial charge on any atom is 0.261 e. The van der Waals surface area contributed by atoms with Crippen LogP contribution < -0.4 is 10.1 Å². The molecule has 0 saturated carbocycles. The zero-order valence-corrected chi connectivity index (χ0v) is 13.9. The fourth-order valence-corrected chi connectivity index (χ4v) is 2.42. The van der Waals surface area contributed by atoms with Gasteiger partial charge in [0, 0.05) is 6.04 Å². The third-order valence-electron chi connectivity index (χ3n) is 3.78. The largest absolute Gasteiger partial charge is 0.481 e. The van der Waals surface area contributed by atoms with E-state index in [0.29, 0.717) is 6.42 Å². The van der Waals surface area contributed by atoms with Gasteiger partial charge >= 0.3 is 0 Å². The predicted octanol–water partition coefficient (Wildman–Crippen LogP) is 3.98. The van der Waals surface area contributed by atoms with E-state index in [4.69, 9.17) is 4.74 Å². The van der Waals surface area contributed by atoms with E-state index in [2.05, 4.69) is 17.4 Å². The highest BCUT2D eigenvalue weighted by Gasteiger charge is 2.19. The van der Waals surface area contributed by atoms with E-state index in [0.717, 1.165) is 18.6 Å². The summed E-state index contributed by atoms with van der Waals surface area (Å²) in [5.41, 5.74) is 1.29. The molecule has 2 atom stereocenters. The summed E-state index contributed by atoms with van der Waals surface area (Å²) in [5.74, 6) is 0.684. The molecule has 0 aromatic heterocycles. The van der Waals surface area contributed by atoms with Crippen molar-refractivity contribution in [2.75, 3.05) is 0 Å². The van der Waals surface area contributed by atoms with Crippen molar-refractivity contribution in [2.24, 2.45) is 0 Å². The number of benzene rings is 2. The number of rotatable bonds is 8. The van der Waals surface area contributed by atoms with Crippen LogP contribution in [0.2, 0.25) is 0 Å². The number of carbonyl (C=O) groups excluding carboxylic acids is 1. The first-order valence-corrected chi connectivity index (χ1v) is 8.25. The topological polar surface area (TPSA) is 38.3 Å². The number of hydrogen-bond donors (Lipinski definition) is 1. The molecule has 1 amide bonds. The zero-order chi connectivity index (χ0) is 16.5. The lowest BCUT2D eigenvalue weighted by Crippen LogP contribution is -2.42. The Balaban J connectivity index is 1.81. The molecule has 23 heavy (non-hydrogen) atoms. The number of nitrogens with one attached hydrogen (secondary N) is 1. The van der Waals surface area contributed by atoms with Crippen molar-refractivity contribution in [3.63, 3.8) is 0 Å². The van der Waals surface area contributed by atoms with Crippen LogP contribution in [0.1, 0.15) is 32.3 Å². The minimum Gasteiger partial charge on any atom is -0.481 e. The third kappa shape index (κ3) is 5.78. The summed E-state index contributed by atoms with van der Waals surface area (Å²) in [6.45, 7) is 4.00. The highest BCUT2D eigenvalue weighted by atomic mass is 16.5. The molecule has 2 aromatic carbocycles. The molecule has 0 bridgehead atoms. The van der Waals surface area contributed by atoms with Crippen LogP contribution in [0.5, 0.6) is 5.75 Å². The second-order valence-electron chi connectivity index (χ2n) is 5.76. The van der Waals surface area contributed by atoms with Crippen LogP contribution in [0, 0.1) is 0 Å². The Morgan fingerprint density at radius 1 is 1.04 bits per heavy atom. The second-order valence-corrected chi connectivity index (χ2v) is 5.76. The number of para-hydroxylation sites is 1. The summed E-state index contributed by atoms with van der Waals surface area (Å²) in [7, 11) is 0. The standard InChI is InChI=1S/C20H25NO2/c1-3-19(23-18-12-8-5-9-13-18)20(22)21-16(2)14-15-17-10-6-4-7-11-17/h4-13,16,19H,3,14-15H2,1-2H3,(H,21,22)/t16-,19+/m0/s1. The van der Waals surface area contributed by atoms with Gasteiger partial charge in [-0.05, 0) is 43.9 Å². The molecule has 122 valence electrons. The normalized spacial score (nSPS) is 13.1. The highest BCUT2D eigenvalue weighted by Crippen LogP contribution is 2.13. The number of hydrogen-bond acceptors (Lipinski definition) is 2. The molecule has 0 aliphatic rings. The smallest absolute Gasteiger partial charge is 0.261 e. The second kappa shape index (κ2) is 8.99. The van der Waals surface area contributed by atoms with Crippen molar-refractivity contribution < 1.29 is 9.53 Å². The van der Waals surface area contributed by atoms with Crippen molar-refractivity contribution in [1.29, 1.82) is 0 Å². The van der Waals surface area contributed by atoms with Crippen molar-refractivity contribution >= 4 is 5.91 Å². The van der Waals surface area contributed by atoms with E-state index < -0.39 is 6.10 Å². The molecule has 0 fully saturated rings. The predicted molar refractivity (Wildman–Crippen MR) is 93.5 cm³/mol. The van der Waals surface area contributed by atoms with Gasteiger partial charge in [0.25, 0.3) is 5.91 Å². The van der Waals surface area contributed by atoms with Gasteiger partial charge in [-0.25, -0.2) is 0 Å². The van der Waals surface area contributed by atoms with Crippen LogP contribution in [0.3, 0.4) is 0 Å². The van der Waals surface area contributed by atoms with E-state index in [9.17, 15) is 4.79 Å². The molecule has 3 heteroatoms. The van der Waals surface area contributed by atoms with Gasteiger partial charge in [0.15, 0.2) is 6.10 Å². The van der Waals surface area contributed by atoms with Crippen LogP contribution >= 0.6 is 0 Å². The van der Waals surface area contributed by atoms with Crippen molar-refractivity contribution in [3.8, 4) is 5.75 Å². The van der Waals surface area contributed by atoms with Crippen molar-refractivity contribution in [1.82, 2.24) is 5.32 Å². The summed E-state index contributed by atoms with van der Waals surface area (Å²) in [6, 6.07) is 19.9.